The number of amides is 1. The number of fused-ring (bicyclic) bond motifs is 3. The minimum absolute atomic E-state index is 0.0723. The second kappa shape index (κ2) is 9.01. The molecule has 1 saturated heterocycles. The predicted molar refractivity (Wildman–Crippen MR) is 123 cm³/mol. The molecule has 1 aromatic carbocycles. The molecule has 0 bridgehead atoms. The van der Waals surface area contributed by atoms with E-state index in [-0.39, 0.29) is 31.8 Å². The van der Waals surface area contributed by atoms with E-state index in [1.54, 1.807) is 11.1 Å². The summed E-state index contributed by atoms with van der Waals surface area (Å²) in [5.41, 5.74) is 1.24. The average Bonchev–Trinajstić information content (AvgIpc) is 3.15. The summed E-state index contributed by atoms with van der Waals surface area (Å²) in [6.45, 7) is 1.80. The number of likely N-dealkylation sites (tertiary alicyclic amines) is 1. The van der Waals surface area contributed by atoms with Gasteiger partial charge in [-0.05, 0) is 43.0 Å². The Hall–Kier alpha value is -3.37. The molecule has 2 N–H and O–H groups in total. The van der Waals surface area contributed by atoms with Crippen LogP contribution in [-0.2, 0) is 29.1 Å². The number of aliphatic carboxylic acids is 1. The molecule has 184 valence electrons. The summed E-state index contributed by atoms with van der Waals surface area (Å²) in [5.74, 6) is -2.59. The van der Waals surface area contributed by atoms with Crippen molar-refractivity contribution in [3.8, 4) is 0 Å². The second-order valence-corrected chi connectivity index (χ2v) is 9.30. The maximum atomic E-state index is 14.4. The van der Waals surface area contributed by atoms with E-state index in [1.807, 2.05) is 21.6 Å². The van der Waals surface area contributed by atoms with Gasteiger partial charge in [0.05, 0.1) is 19.6 Å². The van der Waals surface area contributed by atoms with Gasteiger partial charge in [-0.3, -0.25) is 9.69 Å². The maximum Gasteiger partial charge on any atom is 0.335 e. The highest BCUT2D eigenvalue weighted by atomic mass is 19.1. The number of nitrogens with zero attached hydrogens (tertiary/aromatic N) is 4. The molecule has 8 nitrogen and oxygen atoms in total. The van der Waals surface area contributed by atoms with Crippen molar-refractivity contribution in [1.82, 2.24) is 19.4 Å². The molecule has 3 aromatic rings. The molecule has 0 atom stereocenters. The number of piperidine rings is 1. The van der Waals surface area contributed by atoms with Crippen LogP contribution in [0.15, 0.2) is 36.5 Å². The number of pyridine rings is 1. The van der Waals surface area contributed by atoms with Crippen molar-refractivity contribution in [2.24, 2.45) is 0 Å². The van der Waals surface area contributed by atoms with Gasteiger partial charge < -0.3 is 19.7 Å². The number of rotatable bonds is 5. The van der Waals surface area contributed by atoms with Crippen LogP contribution in [-0.4, -0.2) is 73.2 Å². The van der Waals surface area contributed by atoms with Crippen LogP contribution >= 0.6 is 0 Å². The van der Waals surface area contributed by atoms with Crippen LogP contribution in [0.1, 0.15) is 29.7 Å². The topological polar surface area (TPSA) is 98.9 Å². The lowest BCUT2D eigenvalue weighted by atomic mass is 9.91. The van der Waals surface area contributed by atoms with Crippen LogP contribution < -0.4 is 0 Å². The lowest BCUT2D eigenvalue weighted by Gasteiger charge is -2.36. The lowest BCUT2D eigenvalue weighted by molar-refractivity contribution is -0.163. The van der Waals surface area contributed by atoms with Gasteiger partial charge in [-0.15, -0.1) is 0 Å². The van der Waals surface area contributed by atoms with Crippen LogP contribution in [0.3, 0.4) is 0 Å². The van der Waals surface area contributed by atoms with E-state index in [9.17, 15) is 28.6 Å². The monoisotopic (exact) mass is 484 g/mol. The number of hydrogen-bond acceptors (Lipinski definition) is 5. The van der Waals surface area contributed by atoms with Gasteiger partial charge in [0.1, 0.15) is 17.3 Å². The highest BCUT2D eigenvalue weighted by Crippen LogP contribution is 2.31. The Balaban J connectivity index is 1.36. The minimum Gasteiger partial charge on any atom is -0.479 e. The molecule has 10 heteroatoms. The van der Waals surface area contributed by atoms with Crippen LogP contribution in [0.25, 0.3) is 11.0 Å². The van der Waals surface area contributed by atoms with Gasteiger partial charge in [0.25, 0.3) is 0 Å². The Morgan fingerprint density at radius 2 is 1.89 bits per heavy atom. The molecule has 2 aromatic heterocycles. The first-order valence-electron chi connectivity index (χ1n) is 11.6. The van der Waals surface area contributed by atoms with Crippen LogP contribution in [0.4, 0.5) is 8.78 Å². The summed E-state index contributed by atoms with van der Waals surface area (Å²) in [6.07, 6.45) is 2.44. The second-order valence-electron chi connectivity index (χ2n) is 9.30. The molecular weight excluding hydrogens is 458 g/mol. The van der Waals surface area contributed by atoms with Gasteiger partial charge >= 0.3 is 5.97 Å². The molecule has 5 rings (SSSR count). The quantitative estimate of drug-likeness (QED) is 0.576. The zero-order chi connectivity index (χ0) is 24.7. The summed E-state index contributed by atoms with van der Waals surface area (Å²) >= 11 is 0. The molecule has 0 spiro atoms. The first kappa shape index (κ1) is 23.4. The molecule has 1 amide bonds. The first-order valence-corrected chi connectivity index (χ1v) is 11.6. The lowest BCUT2D eigenvalue weighted by Crippen LogP contribution is -2.52. The zero-order valence-electron chi connectivity index (χ0n) is 19.1. The molecule has 0 unspecified atom stereocenters. The van der Waals surface area contributed by atoms with Crippen LogP contribution in [0.2, 0.25) is 0 Å². The third-order valence-electron chi connectivity index (χ3n) is 7.15. The summed E-state index contributed by atoms with van der Waals surface area (Å²) < 4.78 is 29.8. The Morgan fingerprint density at radius 3 is 2.60 bits per heavy atom. The van der Waals surface area contributed by atoms with E-state index >= 15 is 0 Å². The highest BCUT2D eigenvalue weighted by molar-refractivity contribution is 5.84. The summed E-state index contributed by atoms with van der Waals surface area (Å²) in [6, 6.07) is 7.32. The number of carbonyl (C=O) groups is 2. The van der Waals surface area contributed by atoms with Crippen LogP contribution in [0.5, 0.6) is 0 Å². The van der Waals surface area contributed by atoms with Crippen molar-refractivity contribution >= 4 is 22.9 Å². The van der Waals surface area contributed by atoms with Crippen molar-refractivity contribution in [1.29, 1.82) is 0 Å². The van der Waals surface area contributed by atoms with E-state index in [0.29, 0.717) is 43.8 Å². The number of benzene rings is 1. The third kappa shape index (κ3) is 4.39. The van der Waals surface area contributed by atoms with E-state index in [0.717, 1.165) is 22.7 Å². The molecule has 1 fully saturated rings. The van der Waals surface area contributed by atoms with Gasteiger partial charge in [-0.1, -0.05) is 6.07 Å². The Labute approximate surface area is 200 Å². The highest BCUT2D eigenvalue weighted by Gasteiger charge is 2.40. The fourth-order valence-electron chi connectivity index (χ4n) is 5.05. The van der Waals surface area contributed by atoms with Crippen molar-refractivity contribution in [2.75, 3.05) is 26.2 Å². The molecule has 2 aliphatic heterocycles. The summed E-state index contributed by atoms with van der Waals surface area (Å²) in [7, 11) is 0. The molecular formula is C25H26F2N4O4. The van der Waals surface area contributed by atoms with Gasteiger partial charge in [0.15, 0.2) is 5.60 Å². The standard InChI is InChI=1S/C25H26F2N4O4/c26-17-4-3-16(20(27)12-17)13-31-21-14-30(9-5-18(21)19-2-1-8-28-23(19)31)22(32)15-29-10-6-25(35,7-11-29)24(33)34/h1-4,8,12,35H,5-7,9-11,13-15H2,(H,33,34). The number of carboxylic acids is 1. The number of hydrogen-bond donors (Lipinski definition) is 2. The van der Waals surface area contributed by atoms with Crippen molar-refractivity contribution in [2.45, 2.75) is 38.0 Å². The molecule has 0 radical (unpaired) electrons. The summed E-state index contributed by atoms with van der Waals surface area (Å²) in [5, 5.41) is 20.3. The fraction of sp³-hybridized carbons (Fsp3) is 0.400. The molecule has 35 heavy (non-hydrogen) atoms. The summed E-state index contributed by atoms with van der Waals surface area (Å²) in [4.78, 5) is 32.5. The Bertz CT molecular complexity index is 1300. The number of carboxylic acid groups (broad SMARTS) is 1. The first-order chi connectivity index (χ1) is 16.7. The number of aromatic nitrogens is 2. The predicted octanol–water partition coefficient (Wildman–Crippen LogP) is 2.16. The largest absolute Gasteiger partial charge is 0.479 e. The number of aliphatic hydroxyl groups is 1. The van der Waals surface area contributed by atoms with Gasteiger partial charge in [-0.2, -0.15) is 0 Å². The van der Waals surface area contributed by atoms with Crippen LogP contribution in [0, 0.1) is 11.6 Å². The third-order valence-corrected chi connectivity index (χ3v) is 7.15. The SMILES string of the molecule is O=C(CN1CCC(O)(C(=O)O)CC1)N1CCc2c(n(Cc3ccc(F)cc3F)c3ncccc23)C1. The van der Waals surface area contributed by atoms with Gasteiger partial charge in [0, 0.05) is 48.5 Å². The van der Waals surface area contributed by atoms with Crippen molar-refractivity contribution < 1.29 is 28.6 Å². The number of carbonyl (C=O) groups excluding carboxylic acids is 1. The number of halogens is 2. The van der Waals surface area contributed by atoms with E-state index in [4.69, 9.17) is 0 Å². The zero-order valence-corrected chi connectivity index (χ0v) is 19.1. The van der Waals surface area contributed by atoms with E-state index < -0.39 is 23.2 Å². The minimum atomic E-state index is -1.73. The molecule has 0 saturated carbocycles. The average molecular weight is 485 g/mol. The normalized spacial score (nSPS) is 18.0. The van der Waals surface area contributed by atoms with E-state index in [2.05, 4.69) is 4.98 Å². The Kier molecular flexibility index (Phi) is 6.02. The van der Waals surface area contributed by atoms with Crippen molar-refractivity contribution in [3.05, 3.63) is 65.0 Å². The fourth-order valence-corrected chi connectivity index (χ4v) is 5.05. The van der Waals surface area contributed by atoms with Crippen molar-refractivity contribution in [3.63, 3.8) is 0 Å². The maximum absolute atomic E-state index is 14.4. The molecule has 4 heterocycles. The van der Waals surface area contributed by atoms with E-state index in [1.165, 1.54) is 12.1 Å². The molecule has 0 aliphatic carbocycles. The Morgan fingerprint density at radius 1 is 1.11 bits per heavy atom. The van der Waals surface area contributed by atoms with Gasteiger partial charge in [0.2, 0.25) is 5.91 Å². The molecule has 2 aliphatic rings. The smallest absolute Gasteiger partial charge is 0.335 e. The van der Waals surface area contributed by atoms with Gasteiger partial charge in [-0.25, -0.2) is 18.6 Å².